The van der Waals surface area contributed by atoms with Crippen LogP contribution in [0.2, 0.25) is 0 Å². The molecule has 1 aromatic carbocycles. The number of hydrogen-bond donors (Lipinski definition) is 0. The monoisotopic (exact) mass is 586 g/mol. The Hall–Kier alpha value is -4.16. The van der Waals surface area contributed by atoms with Gasteiger partial charge >= 0.3 is 0 Å². The van der Waals surface area contributed by atoms with Crippen molar-refractivity contribution in [3.05, 3.63) is 135 Å². The third-order valence-corrected chi connectivity index (χ3v) is 12.1. The van der Waals surface area contributed by atoms with E-state index in [1.807, 2.05) is 0 Å². The SMILES string of the molecule is Cc1c2ccc(-c3cc(C4=CCC5=C(C=C4)C(C)C(C)C5C)cc(-c4ccc5c(C)c(C)c(C)c-5cc4)c3)ccc-2c(C)c1C. The van der Waals surface area contributed by atoms with Gasteiger partial charge < -0.3 is 0 Å². The first-order valence-electron chi connectivity index (χ1n) is 16.8. The standard InChI is InChI=1S/C45H46/c1-25-28(4)40-16-10-34(11-17-41(40)29(25)5)37-22-38(35-12-18-42-30(6)26(2)31(7)43(42)19-13-35)24-39(23-37)36-14-20-44-32(8)27(3)33(9)45(44)21-15-36/h10-20,22-24,27,32-33H,21H2,1-9H3. The number of allylic oxidation sites excluding steroid dienone is 6. The van der Waals surface area contributed by atoms with Crippen LogP contribution in [0.15, 0.2) is 96.1 Å². The molecule has 0 fully saturated rings. The van der Waals surface area contributed by atoms with Crippen molar-refractivity contribution >= 4 is 5.57 Å². The van der Waals surface area contributed by atoms with Gasteiger partial charge in [0.25, 0.3) is 0 Å². The molecule has 3 atom stereocenters. The molecule has 1 aromatic rings. The third-order valence-electron chi connectivity index (χ3n) is 12.1. The minimum absolute atomic E-state index is 0.612. The first-order valence-corrected chi connectivity index (χ1v) is 16.8. The second-order valence-electron chi connectivity index (χ2n) is 14.1. The fourth-order valence-electron chi connectivity index (χ4n) is 8.19. The van der Waals surface area contributed by atoms with Gasteiger partial charge in [-0.15, -0.1) is 0 Å². The summed E-state index contributed by atoms with van der Waals surface area (Å²) in [6, 6.07) is 25.8. The topological polar surface area (TPSA) is 0 Å². The van der Waals surface area contributed by atoms with Crippen molar-refractivity contribution in [2.24, 2.45) is 17.8 Å². The molecular formula is C45H46. The summed E-state index contributed by atoms with van der Waals surface area (Å²) < 4.78 is 0. The maximum atomic E-state index is 2.48. The highest BCUT2D eigenvalue weighted by Crippen LogP contribution is 2.46. The van der Waals surface area contributed by atoms with Gasteiger partial charge in [0.2, 0.25) is 0 Å². The summed E-state index contributed by atoms with van der Waals surface area (Å²) in [5.41, 5.74) is 24.6. The second kappa shape index (κ2) is 11.0. The van der Waals surface area contributed by atoms with Gasteiger partial charge in [-0.25, -0.2) is 0 Å². The molecule has 0 spiro atoms. The number of fused-ring (bicyclic) bond motifs is 2. The van der Waals surface area contributed by atoms with Gasteiger partial charge in [0.05, 0.1) is 0 Å². The highest BCUT2D eigenvalue weighted by Gasteiger charge is 2.33. The molecule has 45 heavy (non-hydrogen) atoms. The molecule has 0 N–H and O–H groups in total. The van der Waals surface area contributed by atoms with Gasteiger partial charge in [-0.3, -0.25) is 0 Å². The maximum Gasteiger partial charge on any atom is -0.0121 e. The molecule has 0 heteroatoms. The van der Waals surface area contributed by atoms with Gasteiger partial charge in [0.15, 0.2) is 0 Å². The van der Waals surface area contributed by atoms with Crippen LogP contribution >= 0.6 is 0 Å². The first kappa shape index (κ1) is 29.5. The zero-order chi connectivity index (χ0) is 31.7. The van der Waals surface area contributed by atoms with E-state index in [1.165, 1.54) is 89.0 Å². The molecule has 6 aliphatic carbocycles. The summed E-state index contributed by atoms with van der Waals surface area (Å²) in [7, 11) is 0. The number of benzene rings is 1. The average molecular weight is 587 g/mol. The second-order valence-corrected chi connectivity index (χ2v) is 14.1. The predicted molar refractivity (Wildman–Crippen MR) is 195 cm³/mol. The lowest BCUT2D eigenvalue weighted by molar-refractivity contribution is 0.390. The highest BCUT2D eigenvalue weighted by atomic mass is 14.4. The molecule has 0 nitrogen and oxygen atoms in total. The summed E-state index contributed by atoms with van der Waals surface area (Å²) >= 11 is 0. The van der Waals surface area contributed by atoms with Crippen molar-refractivity contribution in [2.75, 3.05) is 0 Å². The van der Waals surface area contributed by atoms with Crippen molar-refractivity contribution in [1.82, 2.24) is 0 Å². The Morgan fingerprint density at radius 2 is 0.867 bits per heavy atom. The van der Waals surface area contributed by atoms with Crippen molar-refractivity contribution in [3.63, 3.8) is 0 Å². The summed E-state index contributed by atoms with van der Waals surface area (Å²) in [5.74, 6) is 1.95. The minimum atomic E-state index is 0.612. The maximum absolute atomic E-state index is 2.48. The van der Waals surface area contributed by atoms with E-state index < -0.39 is 0 Å². The molecular weight excluding hydrogens is 540 g/mol. The lowest BCUT2D eigenvalue weighted by Gasteiger charge is -2.17. The Labute approximate surface area is 270 Å². The molecule has 7 rings (SSSR count). The third kappa shape index (κ3) is 4.73. The van der Waals surface area contributed by atoms with Crippen molar-refractivity contribution in [3.8, 4) is 44.5 Å². The van der Waals surface area contributed by atoms with E-state index in [0.717, 1.165) is 6.42 Å². The minimum Gasteiger partial charge on any atom is -0.0726 e. The van der Waals surface area contributed by atoms with Crippen LogP contribution in [-0.2, 0) is 0 Å². The molecule has 0 heterocycles. The van der Waals surface area contributed by atoms with Crippen molar-refractivity contribution in [1.29, 1.82) is 0 Å². The van der Waals surface area contributed by atoms with E-state index in [9.17, 15) is 0 Å². The number of rotatable bonds is 3. The van der Waals surface area contributed by atoms with Gasteiger partial charge in [-0.2, -0.15) is 0 Å². The Bertz CT molecular complexity index is 1830. The molecule has 0 bridgehead atoms. The molecule has 6 aliphatic rings. The predicted octanol–water partition coefficient (Wildman–Crippen LogP) is 12.6. The smallest absolute Gasteiger partial charge is 0.0121 e. The zero-order valence-electron chi connectivity index (χ0n) is 28.5. The first-order chi connectivity index (χ1) is 21.5. The van der Waals surface area contributed by atoms with E-state index >= 15 is 0 Å². The zero-order valence-corrected chi connectivity index (χ0v) is 28.5. The lowest BCUT2D eigenvalue weighted by atomic mass is 9.87. The largest absolute Gasteiger partial charge is 0.0726 e. The average Bonchev–Trinajstić information content (AvgIpc) is 3.34. The fourth-order valence-corrected chi connectivity index (χ4v) is 8.19. The molecule has 226 valence electrons. The van der Waals surface area contributed by atoms with E-state index in [0.29, 0.717) is 17.8 Å². The van der Waals surface area contributed by atoms with E-state index in [2.05, 4.69) is 147 Å². The quantitative estimate of drug-likeness (QED) is 0.197. The van der Waals surface area contributed by atoms with E-state index in [1.54, 1.807) is 11.1 Å². The summed E-state index contributed by atoms with van der Waals surface area (Å²) in [4.78, 5) is 0. The van der Waals surface area contributed by atoms with Crippen LogP contribution in [0.3, 0.4) is 0 Å². The van der Waals surface area contributed by atoms with Crippen molar-refractivity contribution < 1.29 is 0 Å². The molecule has 0 aromatic heterocycles. The van der Waals surface area contributed by atoms with Gasteiger partial charge in [-0.05, 0) is 179 Å². The van der Waals surface area contributed by atoms with Crippen LogP contribution < -0.4 is 0 Å². The fraction of sp³-hybridized carbons (Fsp3) is 0.289. The molecule has 0 saturated carbocycles. The molecule has 3 unspecified atom stereocenters. The van der Waals surface area contributed by atoms with E-state index in [4.69, 9.17) is 0 Å². The summed E-state index contributed by atoms with van der Waals surface area (Å²) in [6.45, 7) is 20.8. The highest BCUT2D eigenvalue weighted by molar-refractivity contribution is 5.86. The molecule has 0 aliphatic heterocycles. The molecule has 0 radical (unpaired) electrons. The van der Waals surface area contributed by atoms with Crippen LogP contribution in [0.4, 0.5) is 0 Å². The Kier molecular flexibility index (Phi) is 7.24. The van der Waals surface area contributed by atoms with Crippen LogP contribution in [0.5, 0.6) is 0 Å². The van der Waals surface area contributed by atoms with E-state index in [-0.39, 0.29) is 0 Å². The van der Waals surface area contributed by atoms with Gasteiger partial charge in [0.1, 0.15) is 0 Å². The van der Waals surface area contributed by atoms with Crippen LogP contribution in [0.1, 0.15) is 66.1 Å². The summed E-state index contributed by atoms with van der Waals surface area (Å²) in [6.07, 6.45) is 8.33. The van der Waals surface area contributed by atoms with Gasteiger partial charge in [-0.1, -0.05) is 93.1 Å². The number of hydrogen-bond acceptors (Lipinski definition) is 0. The molecule has 0 saturated heterocycles. The Balaban J connectivity index is 1.39. The summed E-state index contributed by atoms with van der Waals surface area (Å²) in [5, 5.41) is 0. The van der Waals surface area contributed by atoms with Gasteiger partial charge in [0, 0.05) is 0 Å². The lowest BCUT2D eigenvalue weighted by Crippen LogP contribution is -2.09. The Morgan fingerprint density at radius 1 is 0.444 bits per heavy atom. The normalized spacial score (nSPS) is 19.8. The molecule has 0 amide bonds. The van der Waals surface area contributed by atoms with Crippen LogP contribution in [0, 0.1) is 59.3 Å². The van der Waals surface area contributed by atoms with Crippen molar-refractivity contribution in [2.45, 2.75) is 68.7 Å². The Morgan fingerprint density at radius 3 is 1.31 bits per heavy atom. The van der Waals surface area contributed by atoms with Crippen LogP contribution in [0.25, 0.3) is 50.1 Å². The van der Waals surface area contributed by atoms with Crippen LogP contribution in [-0.4, -0.2) is 0 Å².